The molecule has 0 unspecified atom stereocenters. The second-order valence-electron chi connectivity index (χ2n) is 7.81. The molecule has 2 heterocycles. The first-order valence-corrected chi connectivity index (χ1v) is 11.7. The van der Waals surface area contributed by atoms with E-state index in [9.17, 15) is 4.79 Å². The molecule has 1 amide bonds. The quantitative estimate of drug-likeness (QED) is 0.520. The topological polar surface area (TPSA) is 85.2 Å². The highest BCUT2D eigenvalue weighted by molar-refractivity contribution is 8.00. The number of tetrazole rings is 1. The van der Waals surface area contributed by atoms with E-state index in [-0.39, 0.29) is 11.2 Å². The third kappa shape index (κ3) is 5.59. The summed E-state index contributed by atoms with van der Waals surface area (Å²) in [6.07, 6.45) is 3.79. The fourth-order valence-electron chi connectivity index (χ4n) is 3.65. The van der Waals surface area contributed by atoms with Crippen LogP contribution in [0.15, 0.2) is 53.7 Å². The number of rotatable bonds is 8. The van der Waals surface area contributed by atoms with Crippen LogP contribution in [0, 0.1) is 0 Å². The number of hydrogen-bond donors (Lipinski definition) is 1. The molecule has 1 aliphatic rings. The summed E-state index contributed by atoms with van der Waals surface area (Å²) < 4.78 is 6.89. The predicted molar refractivity (Wildman–Crippen MR) is 126 cm³/mol. The zero-order chi connectivity index (χ0) is 22.3. The van der Waals surface area contributed by atoms with Crippen molar-refractivity contribution in [1.29, 1.82) is 0 Å². The lowest BCUT2D eigenvalue weighted by molar-refractivity contribution is -0.115. The van der Waals surface area contributed by atoms with E-state index < -0.39 is 0 Å². The smallest absolute Gasteiger partial charge is 0.237 e. The summed E-state index contributed by atoms with van der Waals surface area (Å²) >= 11 is 1.34. The van der Waals surface area contributed by atoms with Crippen molar-refractivity contribution < 1.29 is 9.53 Å². The Kier molecular flexibility index (Phi) is 7.26. The van der Waals surface area contributed by atoms with Crippen LogP contribution >= 0.6 is 11.8 Å². The largest absolute Gasteiger partial charge is 0.497 e. The molecular formula is C23H28N6O2S. The number of aromatic nitrogens is 4. The van der Waals surface area contributed by atoms with Crippen molar-refractivity contribution in [2.45, 2.75) is 43.1 Å². The normalized spacial score (nSPS) is 14.8. The molecule has 3 aromatic rings. The van der Waals surface area contributed by atoms with Gasteiger partial charge in [0.05, 0.1) is 18.9 Å². The van der Waals surface area contributed by atoms with Crippen molar-refractivity contribution >= 4 is 29.0 Å². The van der Waals surface area contributed by atoms with Crippen molar-refractivity contribution in [3.05, 3.63) is 54.1 Å². The Hall–Kier alpha value is -3.07. The Balaban J connectivity index is 1.33. The standard InChI is InChI=1S/C23H28N6O2S/c1-17(22(30)24-19-8-10-20(11-9-19)28-14-4-3-5-15-28)32-23-25-26-27-29(23)16-18-6-12-21(31-2)13-7-18/h6-13,17H,3-5,14-16H2,1-2H3,(H,24,30)/t17-/m0/s1. The van der Waals surface area contributed by atoms with Gasteiger partial charge in [-0.25, -0.2) is 4.68 Å². The molecular weight excluding hydrogens is 424 g/mol. The number of methoxy groups -OCH3 is 1. The molecule has 168 valence electrons. The third-order valence-corrected chi connectivity index (χ3v) is 6.57. The number of carbonyl (C=O) groups is 1. The Bertz CT molecular complexity index is 1020. The summed E-state index contributed by atoms with van der Waals surface area (Å²) in [5.74, 6) is 0.717. The first-order valence-electron chi connectivity index (χ1n) is 10.8. The number of piperidine rings is 1. The first-order chi connectivity index (χ1) is 15.6. The summed E-state index contributed by atoms with van der Waals surface area (Å²) in [4.78, 5) is 15.1. The molecule has 0 radical (unpaired) electrons. The number of ether oxygens (including phenoxy) is 1. The van der Waals surface area contributed by atoms with E-state index in [2.05, 4.69) is 37.9 Å². The minimum absolute atomic E-state index is 0.0836. The van der Waals surface area contributed by atoms with Gasteiger partial charge in [-0.2, -0.15) is 0 Å². The van der Waals surface area contributed by atoms with Crippen LogP contribution in [0.1, 0.15) is 31.7 Å². The molecule has 0 aliphatic carbocycles. The summed E-state index contributed by atoms with van der Waals surface area (Å²) in [5, 5.41) is 15.2. The zero-order valence-corrected chi connectivity index (χ0v) is 19.2. The summed E-state index contributed by atoms with van der Waals surface area (Å²) in [5.41, 5.74) is 3.05. The van der Waals surface area contributed by atoms with E-state index in [1.807, 2.05) is 43.3 Å². The molecule has 0 saturated carbocycles. The molecule has 1 aliphatic heterocycles. The summed E-state index contributed by atoms with van der Waals surface area (Å²) in [7, 11) is 1.64. The summed E-state index contributed by atoms with van der Waals surface area (Å²) in [6, 6.07) is 15.8. The maximum Gasteiger partial charge on any atom is 0.237 e. The van der Waals surface area contributed by atoms with Crippen molar-refractivity contribution in [2.24, 2.45) is 0 Å². The van der Waals surface area contributed by atoms with Gasteiger partial charge in [-0.1, -0.05) is 23.9 Å². The zero-order valence-electron chi connectivity index (χ0n) is 18.4. The molecule has 1 atom stereocenters. The van der Waals surface area contributed by atoms with Gasteiger partial charge in [0.15, 0.2) is 0 Å². The van der Waals surface area contributed by atoms with Gasteiger partial charge >= 0.3 is 0 Å². The number of hydrogen-bond acceptors (Lipinski definition) is 7. The number of nitrogens with zero attached hydrogens (tertiary/aromatic N) is 5. The maximum absolute atomic E-state index is 12.7. The van der Waals surface area contributed by atoms with Crippen LogP contribution in [0.3, 0.4) is 0 Å². The molecule has 1 fully saturated rings. The molecule has 1 aromatic heterocycles. The van der Waals surface area contributed by atoms with E-state index in [4.69, 9.17) is 4.74 Å². The minimum Gasteiger partial charge on any atom is -0.497 e. The van der Waals surface area contributed by atoms with Crippen LogP contribution in [0.4, 0.5) is 11.4 Å². The highest BCUT2D eigenvalue weighted by Gasteiger charge is 2.19. The van der Waals surface area contributed by atoms with E-state index in [1.165, 1.54) is 36.7 Å². The second-order valence-corrected chi connectivity index (χ2v) is 9.12. The van der Waals surface area contributed by atoms with E-state index >= 15 is 0 Å². The molecule has 4 rings (SSSR count). The van der Waals surface area contributed by atoms with Crippen LogP contribution < -0.4 is 15.0 Å². The van der Waals surface area contributed by atoms with E-state index in [0.29, 0.717) is 11.7 Å². The number of thioether (sulfide) groups is 1. The Morgan fingerprint density at radius 1 is 1.09 bits per heavy atom. The van der Waals surface area contributed by atoms with Gasteiger partial charge in [-0.05, 0) is 78.6 Å². The van der Waals surface area contributed by atoms with Crippen molar-refractivity contribution in [2.75, 3.05) is 30.4 Å². The lowest BCUT2D eigenvalue weighted by atomic mass is 10.1. The van der Waals surface area contributed by atoms with Crippen LogP contribution in [0.25, 0.3) is 0 Å². The molecule has 1 saturated heterocycles. The SMILES string of the molecule is COc1ccc(Cn2nnnc2S[C@@H](C)C(=O)Nc2ccc(N3CCCCC3)cc2)cc1. The molecule has 2 aromatic carbocycles. The monoisotopic (exact) mass is 452 g/mol. The number of nitrogens with one attached hydrogen (secondary N) is 1. The molecule has 9 heteroatoms. The third-order valence-electron chi connectivity index (χ3n) is 5.50. The highest BCUT2D eigenvalue weighted by atomic mass is 32.2. The number of benzene rings is 2. The van der Waals surface area contributed by atoms with Crippen LogP contribution in [-0.2, 0) is 11.3 Å². The second kappa shape index (κ2) is 10.5. The van der Waals surface area contributed by atoms with Gasteiger partial charge in [0.25, 0.3) is 0 Å². The van der Waals surface area contributed by atoms with E-state index in [1.54, 1.807) is 11.8 Å². The fraction of sp³-hybridized carbons (Fsp3) is 0.391. The Labute approximate surface area is 192 Å². The van der Waals surface area contributed by atoms with Crippen LogP contribution in [0.5, 0.6) is 5.75 Å². The number of amides is 1. The highest BCUT2D eigenvalue weighted by Crippen LogP contribution is 2.25. The molecule has 8 nitrogen and oxygen atoms in total. The molecule has 32 heavy (non-hydrogen) atoms. The molecule has 0 spiro atoms. The Morgan fingerprint density at radius 3 is 2.50 bits per heavy atom. The van der Waals surface area contributed by atoms with Crippen molar-refractivity contribution in [1.82, 2.24) is 20.2 Å². The molecule has 1 N–H and O–H groups in total. The van der Waals surface area contributed by atoms with Crippen LogP contribution in [-0.4, -0.2) is 51.6 Å². The van der Waals surface area contributed by atoms with Crippen molar-refractivity contribution in [3.8, 4) is 5.75 Å². The summed E-state index contributed by atoms with van der Waals surface area (Å²) in [6.45, 7) is 4.58. The van der Waals surface area contributed by atoms with Crippen LogP contribution in [0.2, 0.25) is 0 Å². The maximum atomic E-state index is 12.7. The number of anilines is 2. The van der Waals surface area contributed by atoms with Gasteiger partial charge in [-0.15, -0.1) is 5.10 Å². The fourth-order valence-corrected chi connectivity index (χ4v) is 4.44. The van der Waals surface area contributed by atoms with Gasteiger partial charge in [0.1, 0.15) is 5.75 Å². The first kappa shape index (κ1) is 22.1. The average Bonchev–Trinajstić information content (AvgIpc) is 3.27. The Morgan fingerprint density at radius 2 is 1.81 bits per heavy atom. The van der Waals surface area contributed by atoms with Gasteiger partial charge < -0.3 is 15.0 Å². The van der Waals surface area contributed by atoms with Gasteiger partial charge in [0.2, 0.25) is 11.1 Å². The predicted octanol–water partition coefficient (Wildman–Crippen LogP) is 3.84. The molecule has 0 bridgehead atoms. The number of carbonyl (C=O) groups excluding carboxylic acids is 1. The van der Waals surface area contributed by atoms with Crippen molar-refractivity contribution in [3.63, 3.8) is 0 Å². The van der Waals surface area contributed by atoms with Gasteiger partial charge in [-0.3, -0.25) is 4.79 Å². The average molecular weight is 453 g/mol. The van der Waals surface area contributed by atoms with Gasteiger partial charge in [0, 0.05) is 24.5 Å². The minimum atomic E-state index is -0.350. The lowest BCUT2D eigenvalue weighted by Gasteiger charge is -2.28. The van der Waals surface area contributed by atoms with E-state index in [0.717, 1.165) is 30.1 Å². The lowest BCUT2D eigenvalue weighted by Crippen LogP contribution is -2.29.